The predicted molar refractivity (Wildman–Crippen MR) is 154 cm³/mol. The summed E-state index contributed by atoms with van der Waals surface area (Å²) in [7, 11) is 4.36. The molecule has 0 radical (unpaired) electrons. The maximum absolute atomic E-state index is 13.2. The summed E-state index contributed by atoms with van der Waals surface area (Å²) in [6, 6.07) is 18.8. The number of aryl methyl sites for hydroxylation is 1. The number of benzene rings is 2. The molecule has 37 heavy (non-hydrogen) atoms. The molecule has 0 bridgehead atoms. The molecule has 2 rings (SSSR count). The topological polar surface area (TPSA) is 35.5 Å². The van der Waals surface area contributed by atoms with Gasteiger partial charge in [-0.15, -0.1) is 0 Å². The minimum Gasteiger partial charge on any atom is -0.455 e. The molecule has 4 nitrogen and oxygen atoms in total. The number of hydrogen-bond donors (Lipinski definition) is 0. The lowest BCUT2D eigenvalue weighted by Gasteiger charge is -2.33. The van der Waals surface area contributed by atoms with Gasteiger partial charge in [0.05, 0.1) is 20.6 Å². The van der Waals surface area contributed by atoms with Gasteiger partial charge in [-0.05, 0) is 43.4 Å². The molecule has 0 heterocycles. The van der Waals surface area contributed by atoms with Crippen molar-refractivity contribution in [1.29, 1.82) is 0 Å². The minimum atomic E-state index is -0.551. The van der Waals surface area contributed by atoms with Crippen molar-refractivity contribution in [3.8, 4) is 5.75 Å². The van der Waals surface area contributed by atoms with E-state index in [0.29, 0.717) is 6.42 Å². The zero-order valence-corrected chi connectivity index (χ0v) is 24.2. The Kier molecular flexibility index (Phi) is 14.4. The van der Waals surface area contributed by atoms with Gasteiger partial charge in [0.1, 0.15) is 18.2 Å². The van der Waals surface area contributed by atoms with Crippen molar-refractivity contribution in [2.75, 3.05) is 20.6 Å². The molecule has 0 aliphatic rings. The molecule has 2 unspecified atom stereocenters. The van der Waals surface area contributed by atoms with Crippen LogP contribution in [0.25, 0.3) is 0 Å². The van der Waals surface area contributed by atoms with E-state index in [1.54, 1.807) is 0 Å². The SMILES string of the molecule is CCCCCCCCCc1cccc(OC(CCC)OC(=O)C(CC)C[N+](C)(C)Cc2ccccc2)c1. The van der Waals surface area contributed by atoms with Crippen LogP contribution in [0.1, 0.15) is 96.1 Å². The highest BCUT2D eigenvalue weighted by Crippen LogP contribution is 2.22. The second kappa shape index (κ2) is 17.2. The Morgan fingerprint density at radius 2 is 1.49 bits per heavy atom. The number of hydrogen-bond acceptors (Lipinski definition) is 3. The third-order valence-electron chi connectivity index (χ3n) is 7.00. The number of esters is 1. The van der Waals surface area contributed by atoms with Crippen molar-refractivity contribution >= 4 is 5.97 Å². The smallest absolute Gasteiger partial charge is 0.317 e. The van der Waals surface area contributed by atoms with E-state index in [9.17, 15) is 4.79 Å². The fourth-order valence-electron chi connectivity index (χ4n) is 4.92. The van der Waals surface area contributed by atoms with Crippen molar-refractivity contribution in [3.05, 3.63) is 65.7 Å². The fourth-order valence-corrected chi connectivity index (χ4v) is 4.92. The first-order valence-electron chi connectivity index (χ1n) is 14.7. The van der Waals surface area contributed by atoms with E-state index in [1.165, 1.54) is 56.1 Å². The van der Waals surface area contributed by atoms with Gasteiger partial charge in [0.2, 0.25) is 6.29 Å². The number of carbonyl (C=O) groups excluding carboxylic acids is 1. The highest BCUT2D eigenvalue weighted by molar-refractivity contribution is 5.72. The first kappa shape index (κ1) is 30.9. The molecule has 0 aliphatic heterocycles. The van der Waals surface area contributed by atoms with Crippen molar-refractivity contribution in [2.45, 2.75) is 104 Å². The van der Waals surface area contributed by atoms with E-state index in [-0.39, 0.29) is 11.9 Å². The van der Waals surface area contributed by atoms with Crippen LogP contribution in [0.4, 0.5) is 0 Å². The average Bonchev–Trinajstić information content (AvgIpc) is 2.87. The van der Waals surface area contributed by atoms with Crippen LogP contribution in [-0.2, 0) is 22.5 Å². The highest BCUT2D eigenvalue weighted by Gasteiger charge is 2.30. The van der Waals surface area contributed by atoms with E-state index in [2.05, 4.69) is 77.3 Å². The molecule has 4 heteroatoms. The quantitative estimate of drug-likeness (QED) is 0.0824. The molecule has 0 saturated carbocycles. The number of rotatable bonds is 19. The van der Waals surface area contributed by atoms with E-state index in [4.69, 9.17) is 9.47 Å². The maximum Gasteiger partial charge on any atom is 0.317 e. The lowest BCUT2D eigenvalue weighted by molar-refractivity contribution is -0.906. The van der Waals surface area contributed by atoms with E-state index in [1.807, 2.05) is 12.1 Å². The maximum atomic E-state index is 13.2. The first-order chi connectivity index (χ1) is 17.9. The molecule has 0 aromatic heterocycles. The normalized spacial score (nSPS) is 13.2. The molecule has 2 aromatic rings. The van der Waals surface area contributed by atoms with Gasteiger partial charge in [0.15, 0.2) is 0 Å². The summed E-state index contributed by atoms with van der Waals surface area (Å²) >= 11 is 0. The molecule has 0 saturated heterocycles. The van der Waals surface area contributed by atoms with Gasteiger partial charge in [-0.25, -0.2) is 0 Å². The van der Waals surface area contributed by atoms with Crippen molar-refractivity contribution in [3.63, 3.8) is 0 Å². The van der Waals surface area contributed by atoms with Crippen LogP contribution in [0.3, 0.4) is 0 Å². The second-order valence-electron chi connectivity index (χ2n) is 11.2. The molecular weight excluding hydrogens is 458 g/mol. The van der Waals surface area contributed by atoms with Crippen molar-refractivity contribution in [2.24, 2.45) is 5.92 Å². The van der Waals surface area contributed by atoms with Gasteiger partial charge in [0.25, 0.3) is 0 Å². The fraction of sp³-hybridized carbons (Fsp3) is 0.606. The van der Waals surface area contributed by atoms with Crippen LogP contribution in [0.5, 0.6) is 5.75 Å². The Bertz CT molecular complexity index is 880. The van der Waals surface area contributed by atoms with Gasteiger partial charge < -0.3 is 14.0 Å². The molecular formula is C33H52NO3+. The Morgan fingerprint density at radius 1 is 0.811 bits per heavy atom. The second-order valence-corrected chi connectivity index (χ2v) is 11.2. The number of quaternary nitrogens is 1. The molecule has 0 fully saturated rings. The highest BCUT2D eigenvalue weighted by atomic mass is 16.7. The summed E-state index contributed by atoms with van der Waals surface area (Å²) in [4.78, 5) is 13.2. The summed E-state index contributed by atoms with van der Waals surface area (Å²) in [5.74, 6) is 0.477. The molecule has 0 amide bonds. The van der Waals surface area contributed by atoms with Crippen LogP contribution < -0.4 is 4.74 Å². The number of ether oxygens (including phenoxy) is 2. The van der Waals surface area contributed by atoms with Gasteiger partial charge in [0, 0.05) is 12.0 Å². The standard InChI is InChI=1S/C33H52NO3/c1-6-9-10-11-12-13-15-20-28-23-18-24-31(25-28)36-32(19-7-2)37-33(35)30(8-3)27-34(4,5)26-29-21-16-14-17-22-29/h14,16-18,21-25,30,32H,6-13,15,19-20,26-27H2,1-5H3/q+1. The summed E-state index contributed by atoms with van der Waals surface area (Å²) < 4.78 is 12.9. The van der Waals surface area contributed by atoms with Crippen LogP contribution in [0.2, 0.25) is 0 Å². The number of carbonyl (C=O) groups is 1. The van der Waals surface area contributed by atoms with E-state index >= 15 is 0 Å². The van der Waals surface area contributed by atoms with Gasteiger partial charge in [-0.2, -0.15) is 0 Å². The third-order valence-corrected chi connectivity index (χ3v) is 7.00. The van der Waals surface area contributed by atoms with Crippen LogP contribution in [0.15, 0.2) is 54.6 Å². The molecule has 0 aliphatic carbocycles. The lowest BCUT2D eigenvalue weighted by Crippen LogP contribution is -2.45. The Balaban J connectivity index is 1.89. The van der Waals surface area contributed by atoms with Crippen LogP contribution in [-0.4, -0.2) is 37.4 Å². The Morgan fingerprint density at radius 3 is 2.16 bits per heavy atom. The van der Waals surface area contributed by atoms with Gasteiger partial charge >= 0.3 is 5.97 Å². The monoisotopic (exact) mass is 510 g/mol. The van der Waals surface area contributed by atoms with E-state index < -0.39 is 6.29 Å². The molecule has 0 N–H and O–H groups in total. The lowest BCUT2D eigenvalue weighted by atomic mass is 10.0. The zero-order valence-electron chi connectivity index (χ0n) is 24.2. The molecule has 0 spiro atoms. The zero-order chi connectivity index (χ0) is 26.9. The number of nitrogens with zero attached hydrogens (tertiary/aromatic N) is 1. The van der Waals surface area contributed by atoms with Crippen molar-refractivity contribution < 1.29 is 18.8 Å². The van der Waals surface area contributed by atoms with Crippen LogP contribution >= 0.6 is 0 Å². The molecule has 206 valence electrons. The van der Waals surface area contributed by atoms with Crippen LogP contribution in [0, 0.1) is 5.92 Å². The first-order valence-corrected chi connectivity index (χ1v) is 14.7. The van der Waals surface area contributed by atoms with Crippen molar-refractivity contribution in [1.82, 2.24) is 0 Å². The molecule has 2 aromatic carbocycles. The average molecular weight is 511 g/mol. The summed E-state index contributed by atoms with van der Waals surface area (Å²) in [5.41, 5.74) is 2.57. The summed E-state index contributed by atoms with van der Waals surface area (Å²) in [6.45, 7) is 8.04. The molecule has 2 atom stereocenters. The van der Waals surface area contributed by atoms with E-state index in [0.717, 1.165) is 42.6 Å². The Labute approximate surface area is 227 Å². The van der Waals surface area contributed by atoms with Gasteiger partial charge in [-0.3, -0.25) is 4.79 Å². The summed E-state index contributed by atoms with van der Waals surface area (Å²) in [6.07, 6.45) is 12.0. The summed E-state index contributed by atoms with van der Waals surface area (Å²) in [5, 5.41) is 0. The van der Waals surface area contributed by atoms with Gasteiger partial charge in [-0.1, -0.05) is 102 Å². The third kappa shape index (κ3) is 12.6. The largest absolute Gasteiger partial charge is 0.455 e. The predicted octanol–water partition coefficient (Wildman–Crippen LogP) is 8.33. The minimum absolute atomic E-state index is 0.153. The number of unbranched alkanes of at least 4 members (excludes halogenated alkanes) is 6. The Hall–Kier alpha value is -2.33.